The van der Waals surface area contributed by atoms with Crippen molar-refractivity contribution in [3.63, 3.8) is 0 Å². The Labute approximate surface area is 95.2 Å². The Morgan fingerprint density at radius 2 is 2.29 bits per heavy atom. The predicted molar refractivity (Wildman–Crippen MR) is 61.4 cm³/mol. The molecule has 6 nitrogen and oxygen atoms in total. The van der Waals surface area contributed by atoms with Gasteiger partial charge in [-0.1, -0.05) is 0 Å². The average molecular weight is 225 g/mol. The van der Waals surface area contributed by atoms with Crippen molar-refractivity contribution in [1.29, 1.82) is 5.26 Å². The first kappa shape index (κ1) is 9.54. The highest BCUT2D eigenvalue weighted by Gasteiger charge is 2.15. The van der Waals surface area contributed by atoms with Crippen molar-refractivity contribution >= 4 is 22.1 Å². The van der Waals surface area contributed by atoms with Crippen LogP contribution in [0.2, 0.25) is 0 Å². The molecule has 6 heteroatoms. The molecule has 3 aromatic rings. The molecule has 0 aliphatic rings. The summed E-state index contributed by atoms with van der Waals surface area (Å²) in [5.41, 5.74) is 1.76. The van der Waals surface area contributed by atoms with Gasteiger partial charge in [-0.15, -0.1) is 0 Å². The van der Waals surface area contributed by atoms with Gasteiger partial charge in [-0.2, -0.15) is 5.26 Å². The summed E-state index contributed by atoms with van der Waals surface area (Å²) >= 11 is 0. The number of fused-ring (bicyclic) bond motifs is 3. The zero-order chi connectivity index (χ0) is 12.0. The summed E-state index contributed by atoms with van der Waals surface area (Å²) in [6, 6.07) is 3.71. The normalized spacial score (nSPS) is 10.8. The Morgan fingerprint density at radius 1 is 1.47 bits per heavy atom. The highest BCUT2D eigenvalue weighted by Crippen LogP contribution is 2.24. The highest BCUT2D eigenvalue weighted by molar-refractivity contribution is 6.06. The monoisotopic (exact) mass is 225 g/mol. The van der Waals surface area contributed by atoms with E-state index in [1.54, 1.807) is 23.9 Å². The molecule has 1 N–H and O–H groups in total. The van der Waals surface area contributed by atoms with E-state index in [0.717, 1.165) is 0 Å². The van der Waals surface area contributed by atoms with Crippen LogP contribution in [0, 0.1) is 11.3 Å². The number of nitrogens with zero attached hydrogens (tertiary/aromatic N) is 4. The molecule has 0 radical (unpaired) electrons. The third-order valence-corrected chi connectivity index (χ3v) is 2.77. The largest absolute Gasteiger partial charge is 0.322 e. The highest BCUT2D eigenvalue weighted by atomic mass is 16.1. The zero-order valence-corrected chi connectivity index (χ0v) is 8.93. The maximum atomic E-state index is 11.7. The van der Waals surface area contributed by atoms with E-state index in [2.05, 4.69) is 21.0 Å². The number of nitriles is 1. The molecule has 0 bridgehead atoms. The van der Waals surface area contributed by atoms with Gasteiger partial charge in [-0.05, 0) is 6.07 Å². The summed E-state index contributed by atoms with van der Waals surface area (Å²) in [5, 5.41) is 9.70. The summed E-state index contributed by atoms with van der Waals surface area (Å²) < 4.78 is 1.65. The lowest BCUT2D eigenvalue weighted by Gasteiger charge is -1.94. The Kier molecular flexibility index (Phi) is 1.77. The molecule has 0 aliphatic carbocycles. The van der Waals surface area contributed by atoms with E-state index in [1.165, 1.54) is 6.33 Å². The third kappa shape index (κ3) is 1.10. The fourth-order valence-corrected chi connectivity index (χ4v) is 2.02. The second-order valence-corrected chi connectivity index (χ2v) is 3.66. The first-order valence-electron chi connectivity index (χ1n) is 4.95. The molecular weight excluding hydrogens is 218 g/mol. The van der Waals surface area contributed by atoms with Crippen molar-refractivity contribution in [2.45, 2.75) is 0 Å². The molecule has 3 rings (SSSR count). The molecule has 0 spiro atoms. The van der Waals surface area contributed by atoms with Crippen molar-refractivity contribution < 1.29 is 0 Å². The van der Waals surface area contributed by atoms with Crippen LogP contribution in [0.1, 0.15) is 5.56 Å². The Bertz CT molecular complexity index is 837. The van der Waals surface area contributed by atoms with Crippen LogP contribution in [-0.4, -0.2) is 19.5 Å². The summed E-state index contributed by atoms with van der Waals surface area (Å²) in [7, 11) is 1.73. The van der Waals surface area contributed by atoms with Gasteiger partial charge in [-0.25, -0.2) is 9.97 Å². The number of aromatic nitrogens is 4. The predicted octanol–water partition coefficient (Wildman–Crippen LogP) is 0.681. The number of hydrogen-bond acceptors (Lipinski definition) is 4. The van der Waals surface area contributed by atoms with E-state index in [0.29, 0.717) is 27.6 Å². The van der Waals surface area contributed by atoms with Crippen molar-refractivity contribution in [3.8, 4) is 6.07 Å². The standard InChI is InChI=1S/C11H7N5O/c1-16-9-8(14-5-15-11(9)17)7-6(4-12)2-3-13-10(7)16/h2-3,5H,1H3,(H,14,15,17). The number of nitrogens with one attached hydrogen (secondary N) is 1. The number of pyridine rings is 1. The average Bonchev–Trinajstić information content (AvgIpc) is 2.65. The van der Waals surface area contributed by atoms with Gasteiger partial charge in [0.1, 0.15) is 22.7 Å². The van der Waals surface area contributed by atoms with Crippen LogP contribution >= 0.6 is 0 Å². The molecule has 3 aromatic heterocycles. The quantitative estimate of drug-likeness (QED) is 0.609. The van der Waals surface area contributed by atoms with Crippen molar-refractivity contribution in [1.82, 2.24) is 19.5 Å². The summed E-state index contributed by atoms with van der Waals surface area (Å²) in [6.07, 6.45) is 2.88. The van der Waals surface area contributed by atoms with Crippen LogP contribution in [0.3, 0.4) is 0 Å². The number of H-pyrrole nitrogens is 1. The SMILES string of the molecule is Cn1c2nccc(C#N)c2c2nc[nH]c(=O)c21. The molecule has 0 saturated carbocycles. The van der Waals surface area contributed by atoms with Gasteiger partial charge >= 0.3 is 0 Å². The number of aryl methyl sites for hydroxylation is 1. The zero-order valence-electron chi connectivity index (χ0n) is 8.93. The van der Waals surface area contributed by atoms with E-state index in [4.69, 9.17) is 5.26 Å². The molecule has 0 fully saturated rings. The smallest absolute Gasteiger partial charge is 0.275 e. The van der Waals surface area contributed by atoms with E-state index in [-0.39, 0.29) is 5.56 Å². The number of aromatic amines is 1. The first-order chi connectivity index (χ1) is 8.24. The van der Waals surface area contributed by atoms with E-state index >= 15 is 0 Å². The fourth-order valence-electron chi connectivity index (χ4n) is 2.02. The van der Waals surface area contributed by atoms with Gasteiger partial charge in [-0.3, -0.25) is 4.79 Å². The number of rotatable bonds is 0. The van der Waals surface area contributed by atoms with Gasteiger partial charge in [0, 0.05) is 13.2 Å². The van der Waals surface area contributed by atoms with Crippen LogP contribution in [0.4, 0.5) is 0 Å². The molecule has 0 aliphatic heterocycles. The van der Waals surface area contributed by atoms with Crippen molar-refractivity contribution in [2.75, 3.05) is 0 Å². The molecule has 0 atom stereocenters. The minimum atomic E-state index is -0.237. The minimum absolute atomic E-state index is 0.237. The molecular formula is C11H7N5O. The molecule has 3 heterocycles. The Hall–Kier alpha value is -2.68. The van der Waals surface area contributed by atoms with Crippen LogP contribution in [0.5, 0.6) is 0 Å². The molecule has 0 saturated heterocycles. The topological polar surface area (TPSA) is 87.4 Å². The molecule has 0 amide bonds. The van der Waals surface area contributed by atoms with Gasteiger partial charge in [0.15, 0.2) is 0 Å². The van der Waals surface area contributed by atoms with Crippen LogP contribution in [0.25, 0.3) is 22.1 Å². The van der Waals surface area contributed by atoms with Gasteiger partial charge < -0.3 is 9.55 Å². The second-order valence-electron chi connectivity index (χ2n) is 3.66. The van der Waals surface area contributed by atoms with Crippen LogP contribution < -0.4 is 5.56 Å². The Balaban J connectivity index is 2.76. The Morgan fingerprint density at radius 3 is 3.06 bits per heavy atom. The molecule has 0 unspecified atom stereocenters. The lowest BCUT2D eigenvalue weighted by Crippen LogP contribution is -2.09. The van der Waals surface area contributed by atoms with Gasteiger partial charge in [0.2, 0.25) is 0 Å². The maximum absolute atomic E-state index is 11.7. The maximum Gasteiger partial charge on any atom is 0.275 e. The molecule has 0 aromatic carbocycles. The first-order valence-corrected chi connectivity index (χ1v) is 4.95. The second kappa shape index (κ2) is 3.15. The van der Waals surface area contributed by atoms with E-state index in [1.807, 2.05) is 0 Å². The summed E-state index contributed by atoms with van der Waals surface area (Å²) in [5.74, 6) is 0. The molecule has 82 valence electrons. The van der Waals surface area contributed by atoms with Gasteiger partial charge in [0.25, 0.3) is 5.56 Å². The van der Waals surface area contributed by atoms with Crippen LogP contribution in [-0.2, 0) is 7.05 Å². The van der Waals surface area contributed by atoms with Gasteiger partial charge in [0.05, 0.1) is 17.3 Å². The fraction of sp³-hybridized carbons (Fsp3) is 0.0909. The van der Waals surface area contributed by atoms with Crippen LogP contribution in [0.15, 0.2) is 23.4 Å². The van der Waals surface area contributed by atoms with Crippen molar-refractivity contribution in [2.24, 2.45) is 7.05 Å². The van der Waals surface area contributed by atoms with E-state index < -0.39 is 0 Å². The lowest BCUT2D eigenvalue weighted by molar-refractivity contribution is 0.972. The van der Waals surface area contributed by atoms with E-state index in [9.17, 15) is 4.79 Å². The summed E-state index contributed by atoms with van der Waals surface area (Å²) in [4.78, 5) is 22.6. The molecule has 17 heavy (non-hydrogen) atoms. The number of hydrogen-bond donors (Lipinski definition) is 1. The summed E-state index contributed by atoms with van der Waals surface area (Å²) in [6.45, 7) is 0. The lowest BCUT2D eigenvalue weighted by atomic mass is 10.2. The van der Waals surface area contributed by atoms with Crippen molar-refractivity contribution in [3.05, 3.63) is 34.5 Å². The third-order valence-electron chi connectivity index (χ3n) is 2.77. The minimum Gasteiger partial charge on any atom is -0.322 e.